The molecule has 2 heterocycles. The summed E-state index contributed by atoms with van der Waals surface area (Å²) in [5.41, 5.74) is 4.95. The highest BCUT2D eigenvalue weighted by molar-refractivity contribution is 7.98. The second-order valence-corrected chi connectivity index (χ2v) is 9.20. The molecule has 168 valence electrons. The van der Waals surface area contributed by atoms with Gasteiger partial charge in [-0.1, -0.05) is 55.9 Å². The molecule has 7 heteroatoms. The molecule has 0 atom stereocenters. The fourth-order valence-electron chi connectivity index (χ4n) is 3.38. The normalized spacial score (nSPS) is 11.0. The van der Waals surface area contributed by atoms with Crippen LogP contribution in [0.1, 0.15) is 35.3 Å². The third-order valence-corrected chi connectivity index (χ3v) is 6.18. The topological polar surface area (TPSA) is 72.7 Å². The van der Waals surface area contributed by atoms with E-state index in [1.54, 1.807) is 24.2 Å². The number of para-hydroxylation sites is 1. The molecule has 2 aromatic carbocycles. The van der Waals surface area contributed by atoms with Gasteiger partial charge in [0.2, 0.25) is 0 Å². The summed E-state index contributed by atoms with van der Waals surface area (Å²) in [6.45, 7) is 6.92. The number of aryl methyl sites for hydroxylation is 1. The van der Waals surface area contributed by atoms with Crippen LogP contribution in [-0.2, 0) is 5.75 Å². The van der Waals surface area contributed by atoms with Crippen molar-refractivity contribution in [3.63, 3.8) is 0 Å². The van der Waals surface area contributed by atoms with Crippen molar-refractivity contribution in [2.45, 2.75) is 31.7 Å². The molecule has 0 bridgehead atoms. The number of pyridine rings is 1. The number of hydrogen-bond acceptors (Lipinski definition) is 5. The van der Waals surface area contributed by atoms with Crippen molar-refractivity contribution in [2.75, 3.05) is 6.54 Å². The Balaban J connectivity index is 1.56. The lowest BCUT2D eigenvalue weighted by molar-refractivity contribution is 0.0949. The molecule has 6 nitrogen and oxygen atoms in total. The fraction of sp³-hybridized carbons (Fsp3) is 0.231. The van der Waals surface area contributed by atoms with Crippen molar-refractivity contribution in [1.82, 2.24) is 25.1 Å². The van der Waals surface area contributed by atoms with Gasteiger partial charge in [-0.05, 0) is 54.3 Å². The van der Waals surface area contributed by atoms with Gasteiger partial charge in [0.15, 0.2) is 11.0 Å². The van der Waals surface area contributed by atoms with Gasteiger partial charge in [-0.3, -0.25) is 14.3 Å². The van der Waals surface area contributed by atoms with Crippen LogP contribution < -0.4 is 5.32 Å². The Morgan fingerprint density at radius 2 is 1.73 bits per heavy atom. The van der Waals surface area contributed by atoms with E-state index in [1.807, 2.05) is 48.5 Å². The molecule has 0 aliphatic carbocycles. The summed E-state index contributed by atoms with van der Waals surface area (Å²) in [4.78, 5) is 16.4. The molecule has 0 saturated carbocycles. The number of carbonyl (C=O) groups excluding carboxylic acids is 1. The second-order valence-electron chi connectivity index (χ2n) is 8.25. The predicted octanol–water partition coefficient (Wildman–Crippen LogP) is 5.32. The summed E-state index contributed by atoms with van der Waals surface area (Å²) in [5.74, 6) is 1.89. The zero-order chi connectivity index (χ0) is 23.2. The minimum atomic E-state index is -0.0378. The number of hydrogen-bond donors (Lipinski definition) is 1. The monoisotopic (exact) mass is 457 g/mol. The number of aromatic nitrogens is 4. The number of thioether (sulfide) groups is 1. The number of nitrogens with one attached hydrogen (secondary N) is 1. The zero-order valence-corrected chi connectivity index (χ0v) is 19.8. The highest BCUT2D eigenvalue weighted by Crippen LogP contribution is 2.30. The quantitative estimate of drug-likeness (QED) is 0.363. The minimum Gasteiger partial charge on any atom is -0.352 e. The number of nitrogens with zero attached hydrogens (tertiary/aromatic N) is 4. The summed E-state index contributed by atoms with van der Waals surface area (Å²) >= 11 is 1.62. The lowest BCUT2D eigenvalue weighted by atomic mass is 10.1. The highest BCUT2D eigenvalue weighted by Gasteiger charge is 2.17. The SMILES string of the molecule is Cc1ccccc1-n1c(SCc2ccc(C(=O)NCC(C)C)cc2)nnc1-c1ccncc1. The van der Waals surface area contributed by atoms with Crippen LogP contribution in [0.4, 0.5) is 0 Å². The number of rotatable bonds is 8. The third kappa shape index (κ3) is 5.49. The molecule has 4 rings (SSSR count). The molecule has 0 spiro atoms. The Labute approximate surface area is 198 Å². The summed E-state index contributed by atoms with van der Waals surface area (Å²) in [6.07, 6.45) is 3.52. The first kappa shape index (κ1) is 22.7. The van der Waals surface area contributed by atoms with E-state index in [-0.39, 0.29) is 5.91 Å². The minimum absolute atomic E-state index is 0.0378. The largest absolute Gasteiger partial charge is 0.352 e. The van der Waals surface area contributed by atoms with Gasteiger partial charge < -0.3 is 5.32 Å². The van der Waals surface area contributed by atoms with Crippen molar-refractivity contribution in [3.8, 4) is 17.1 Å². The standard InChI is InChI=1S/C26H27N5OS/c1-18(2)16-28-25(32)22-10-8-20(9-11-22)17-33-26-30-29-24(21-12-14-27-15-13-21)31(26)23-7-5-4-6-19(23)3/h4-15,18H,16-17H2,1-3H3,(H,28,32). The number of carbonyl (C=O) groups is 1. The van der Waals surface area contributed by atoms with Gasteiger partial charge in [0.1, 0.15) is 0 Å². The van der Waals surface area contributed by atoms with Gasteiger partial charge in [0.25, 0.3) is 5.91 Å². The molecule has 33 heavy (non-hydrogen) atoms. The van der Waals surface area contributed by atoms with Gasteiger partial charge in [0.05, 0.1) is 5.69 Å². The summed E-state index contributed by atoms with van der Waals surface area (Å²) in [5, 5.41) is 12.8. The fourth-order valence-corrected chi connectivity index (χ4v) is 4.28. The van der Waals surface area contributed by atoms with Gasteiger partial charge in [0, 0.05) is 35.8 Å². The molecule has 0 aliphatic rings. The lowest BCUT2D eigenvalue weighted by Gasteiger charge is -2.13. The Morgan fingerprint density at radius 3 is 2.42 bits per heavy atom. The number of amides is 1. The summed E-state index contributed by atoms with van der Waals surface area (Å²) in [6, 6.07) is 19.8. The zero-order valence-electron chi connectivity index (χ0n) is 19.0. The molecule has 0 fully saturated rings. The van der Waals surface area contributed by atoms with Crippen LogP contribution in [0.5, 0.6) is 0 Å². The molecule has 2 aromatic heterocycles. The first-order chi connectivity index (χ1) is 16.0. The van der Waals surface area contributed by atoms with Gasteiger partial charge in [-0.25, -0.2) is 0 Å². The van der Waals surface area contributed by atoms with Gasteiger partial charge >= 0.3 is 0 Å². The van der Waals surface area contributed by atoms with E-state index in [2.05, 4.69) is 58.0 Å². The van der Waals surface area contributed by atoms with Crippen LogP contribution in [-0.4, -0.2) is 32.2 Å². The van der Waals surface area contributed by atoms with Crippen LogP contribution in [0.3, 0.4) is 0 Å². The molecule has 1 amide bonds. The Morgan fingerprint density at radius 1 is 1.00 bits per heavy atom. The smallest absolute Gasteiger partial charge is 0.251 e. The van der Waals surface area contributed by atoms with E-state index in [0.29, 0.717) is 23.8 Å². The predicted molar refractivity (Wildman–Crippen MR) is 133 cm³/mol. The van der Waals surface area contributed by atoms with Crippen molar-refractivity contribution >= 4 is 17.7 Å². The highest BCUT2D eigenvalue weighted by atomic mass is 32.2. The molecule has 1 N–H and O–H groups in total. The first-order valence-corrected chi connectivity index (χ1v) is 11.9. The van der Waals surface area contributed by atoms with E-state index in [0.717, 1.165) is 33.4 Å². The van der Waals surface area contributed by atoms with Gasteiger partial charge in [-0.15, -0.1) is 10.2 Å². The Hall–Kier alpha value is -3.45. The summed E-state index contributed by atoms with van der Waals surface area (Å²) in [7, 11) is 0. The maximum atomic E-state index is 12.3. The van der Waals surface area contributed by atoms with E-state index in [9.17, 15) is 4.79 Å². The van der Waals surface area contributed by atoms with Gasteiger partial charge in [-0.2, -0.15) is 0 Å². The van der Waals surface area contributed by atoms with Crippen LogP contribution in [0.2, 0.25) is 0 Å². The molecule has 0 aliphatic heterocycles. The molecular formula is C26H27N5OS. The molecule has 4 aromatic rings. The van der Waals surface area contributed by atoms with Crippen LogP contribution in [0, 0.1) is 12.8 Å². The maximum Gasteiger partial charge on any atom is 0.251 e. The molecule has 0 unspecified atom stereocenters. The van der Waals surface area contributed by atoms with E-state index < -0.39 is 0 Å². The second kappa shape index (κ2) is 10.4. The van der Waals surface area contributed by atoms with Crippen LogP contribution in [0.15, 0.2) is 78.2 Å². The van der Waals surface area contributed by atoms with Crippen molar-refractivity contribution in [2.24, 2.45) is 5.92 Å². The van der Waals surface area contributed by atoms with E-state index in [4.69, 9.17) is 0 Å². The molecule has 0 saturated heterocycles. The van der Waals surface area contributed by atoms with E-state index in [1.165, 1.54) is 0 Å². The lowest BCUT2D eigenvalue weighted by Crippen LogP contribution is -2.27. The summed E-state index contributed by atoms with van der Waals surface area (Å²) < 4.78 is 2.10. The van der Waals surface area contributed by atoms with E-state index >= 15 is 0 Å². The first-order valence-electron chi connectivity index (χ1n) is 10.9. The average Bonchev–Trinajstić information content (AvgIpc) is 3.26. The number of benzene rings is 2. The molecular weight excluding hydrogens is 430 g/mol. The average molecular weight is 458 g/mol. The van der Waals surface area contributed by atoms with Crippen LogP contribution in [0.25, 0.3) is 17.1 Å². The Bertz CT molecular complexity index is 1220. The van der Waals surface area contributed by atoms with Crippen molar-refractivity contribution in [1.29, 1.82) is 0 Å². The Kier molecular flexibility index (Phi) is 7.19. The van der Waals surface area contributed by atoms with Crippen LogP contribution >= 0.6 is 11.8 Å². The maximum absolute atomic E-state index is 12.3. The van der Waals surface area contributed by atoms with Crippen molar-refractivity contribution in [3.05, 3.63) is 89.7 Å². The molecule has 0 radical (unpaired) electrons. The third-order valence-electron chi connectivity index (χ3n) is 5.18. The van der Waals surface area contributed by atoms with Crippen molar-refractivity contribution < 1.29 is 4.79 Å².